The minimum absolute atomic E-state index is 0.0850. The SMILES string of the molecule is CC(=O)c1cc2ccc(OCCCCN3CCNCC3)cc2oc1=NO. The number of rotatable bonds is 7. The maximum Gasteiger partial charge on any atom is 0.266 e. The van der Waals surface area contributed by atoms with Crippen molar-refractivity contribution in [3.63, 3.8) is 0 Å². The van der Waals surface area contributed by atoms with Crippen molar-refractivity contribution in [3.8, 4) is 5.75 Å². The topological polar surface area (TPSA) is 87.3 Å². The number of ether oxygens (including phenoxy) is 1. The average Bonchev–Trinajstić information content (AvgIpc) is 2.67. The highest BCUT2D eigenvalue weighted by molar-refractivity contribution is 5.96. The molecular weight excluding hydrogens is 334 g/mol. The number of piperazine rings is 1. The van der Waals surface area contributed by atoms with E-state index in [1.54, 1.807) is 12.1 Å². The van der Waals surface area contributed by atoms with Crippen LogP contribution in [0, 0.1) is 0 Å². The molecule has 0 spiro atoms. The molecule has 0 unspecified atom stereocenters. The van der Waals surface area contributed by atoms with Crippen LogP contribution in [-0.4, -0.2) is 55.2 Å². The molecule has 7 heteroatoms. The standard InChI is InChI=1S/C19H25N3O4/c1-14(23)17-12-15-4-5-16(13-18(15)26-19(17)21-24)25-11-3-2-8-22-9-6-20-7-10-22/h4-5,12-13,20,24H,2-3,6-11H2,1H3. The van der Waals surface area contributed by atoms with Gasteiger partial charge in [0, 0.05) is 37.6 Å². The smallest absolute Gasteiger partial charge is 0.266 e. The average molecular weight is 359 g/mol. The van der Waals surface area contributed by atoms with Gasteiger partial charge in [0.1, 0.15) is 11.3 Å². The lowest BCUT2D eigenvalue weighted by atomic mass is 10.1. The summed E-state index contributed by atoms with van der Waals surface area (Å²) in [4.78, 5) is 14.1. The summed E-state index contributed by atoms with van der Waals surface area (Å²) in [6.07, 6.45) is 2.09. The Balaban J connectivity index is 1.57. The maximum absolute atomic E-state index is 11.6. The van der Waals surface area contributed by atoms with Crippen molar-refractivity contribution < 1.29 is 19.2 Å². The van der Waals surface area contributed by atoms with Gasteiger partial charge < -0.3 is 24.6 Å². The predicted octanol–water partition coefficient (Wildman–Crippen LogP) is 1.99. The molecule has 0 bridgehead atoms. The summed E-state index contributed by atoms with van der Waals surface area (Å²) in [7, 11) is 0. The number of benzene rings is 1. The normalized spacial score (nSPS) is 16.1. The Kier molecular flexibility index (Phi) is 6.25. The lowest BCUT2D eigenvalue weighted by molar-refractivity contribution is 0.101. The van der Waals surface area contributed by atoms with Crippen LogP contribution in [0.4, 0.5) is 0 Å². The highest BCUT2D eigenvalue weighted by Gasteiger charge is 2.10. The van der Waals surface area contributed by atoms with Gasteiger partial charge in [-0.1, -0.05) is 0 Å². The van der Waals surface area contributed by atoms with Crippen molar-refractivity contribution in [3.05, 3.63) is 35.4 Å². The molecule has 2 N–H and O–H groups in total. The number of nitrogens with zero attached hydrogens (tertiary/aromatic N) is 2. The first-order valence-corrected chi connectivity index (χ1v) is 9.00. The van der Waals surface area contributed by atoms with Gasteiger partial charge in [-0.25, -0.2) is 0 Å². The first-order chi connectivity index (χ1) is 12.7. The number of carbonyl (C=O) groups is 1. The molecule has 7 nitrogen and oxygen atoms in total. The van der Waals surface area contributed by atoms with Crippen LogP contribution in [0.15, 0.2) is 33.8 Å². The van der Waals surface area contributed by atoms with Crippen molar-refractivity contribution in [2.45, 2.75) is 19.8 Å². The first kappa shape index (κ1) is 18.4. The molecule has 1 aliphatic rings. The summed E-state index contributed by atoms with van der Waals surface area (Å²) in [6.45, 7) is 7.53. The molecule has 0 saturated carbocycles. The lowest BCUT2D eigenvalue weighted by Crippen LogP contribution is -2.43. The van der Waals surface area contributed by atoms with Gasteiger partial charge in [0.25, 0.3) is 5.55 Å². The van der Waals surface area contributed by atoms with Crippen molar-refractivity contribution in [2.24, 2.45) is 5.16 Å². The van der Waals surface area contributed by atoms with Crippen LogP contribution in [0.2, 0.25) is 0 Å². The number of Topliss-reactive ketones (excluding diaryl/α,β-unsaturated/α-hetero) is 1. The molecule has 0 aliphatic carbocycles. The third-order valence-corrected chi connectivity index (χ3v) is 4.54. The summed E-state index contributed by atoms with van der Waals surface area (Å²) >= 11 is 0. The summed E-state index contributed by atoms with van der Waals surface area (Å²) in [5, 5.41) is 16.2. The number of carbonyl (C=O) groups excluding carboxylic acids is 1. The van der Waals surface area contributed by atoms with Gasteiger partial charge >= 0.3 is 0 Å². The number of hydrogen-bond acceptors (Lipinski definition) is 7. The van der Waals surface area contributed by atoms with E-state index in [-0.39, 0.29) is 16.9 Å². The molecule has 140 valence electrons. The quantitative estimate of drug-likeness (QED) is 0.340. The van der Waals surface area contributed by atoms with Crippen molar-refractivity contribution in [2.75, 3.05) is 39.3 Å². The van der Waals surface area contributed by atoms with E-state index < -0.39 is 0 Å². The van der Waals surface area contributed by atoms with Gasteiger partial charge in [0.15, 0.2) is 5.78 Å². The minimum Gasteiger partial charge on any atom is -0.493 e. The Hall–Kier alpha value is -2.38. The van der Waals surface area contributed by atoms with Crippen LogP contribution in [0.3, 0.4) is 0 Å². The highest BCUT2D eigenvalue weighted by atomic mass is 16.5. The van der Waals surface area contributed by atoms with Gasteiger partial charge in [-0.15, -0.1) is 0 Å². The molecule has 2 aromatic rings. The molecule has 1 aromatic carbocycles. The van der Waals surface area contributed by atoms with E-state index in [1.807, 2.05) is 12.1 Å². The van der Waals surface area contributed by atoms with E-state index >= 15 is 0 Å². The Labute approximate surface area is 152 Å². The van der Waals surface area contributed by atoms with Gasteiger partial charge in [0.05, 0.1) is 12.2 Å². The summed E-state index contributed by atoms with van der Waals surface area (Å²) in [5.74, 6) is 0.483. The zero-order chi connectivity index (χ0) is 18.4. The molecule has 1 aromatic heterocycles. The fourth-order valence-corrected chi connectivity index (χ4v) is 3.08. The van der Waals surface area contributed by atoms with Gasteiger partial charge in [-0.05, 0) is 49.7 Å². The predicted molar refractivity (Wildman–Crippen MR) is 97.6 cm³/mol. The zero-order valence-corrected chi connectivity index (χ0v) is 15.0. The van der Waals surface area contributed by atoms with E-state index in [0.29, 0.717) is 17.9 Å². The van der Waals surface area contributed by atoms with E-state index in [9.17, 15) is 4.79 Å². The molecule has 26 heavy (non-hydrogen) atoms. The molecule has 1 saturated heterocycles. The van der Waals surface area contributed by atoms with E-state index in [2.05, 4.69) is 15.4 Å². The van der Waals surface area contributed by atoms with E-state index in [4.69, 9.17) is 14.4 Å². The fraction of sp³-hybridized carbons (Fsp3) is 0.474. The third-order valence-electron chi connectivity index (χ3n) is 4.54. The number of fused-ring (bicyclic) bond motifs is 1. The van der Waals surface area contributed by atoms with E-state index in [1.165, 1.54) is 6.92 Å². The van der Waals surface area contributed by atoms with Gasteiger partial charge in [0.2, 0.25) is 0 Å². The van der Waals surface area contributed by atoms with Crippen molar-refractivity contribution >= 4 is 16.8 Å². The molecule has 1 aliphatic heterocycles. The zero-order valence-electron chi connectivity index (χ0n) is 15.0. The summed E-state index contributed by atoms with van der Waals surface area (Å²) in [5.41, 5.74) is 0.681. The van der Waals surface area contributed by atoms with Crippen LogP contribution in [0.1, 0.15) is 30.1 Å². The van der Waals surface area contributed by atoms with Gasteiger partial charge in [-0.2, -0.15) is 0 Å². The van der Waals surface area contributed by atoms with E-state index in [0.717, 1.165) is 51.0 Å². The first-order valence-electron chi connectivity index (χ1n) is 9.00. The van der Waals surface area contributed by atoms with Crippen LogP contribution in [0.5, 0.6) is 5.75 Å². The highest BCUT2D eigenvalue weighted by Crippen LogP contribution is 2.21. The van der Waals surface area contributed by atoms with Crippen LogP contribution >= 0.6 is 0 Å². The Morgan fingerprint density at radius 3 is 2.85 bits per heavy atom. The number of unbranched alkanes of at least 4 members (excludes halogenated alkanes) is 1. The lowest BCUT2D eigenvalue weighted by Gasteiger charge is -2.26. The Bertz CT molecular complexity index is 825. The second-order valence-electron chi connectivity index (χ2n) is 6.47. The number of ketones is 1. The molecule has 2 heterocycles. The number of nitrogens with one attached hydrogen (secondary N) is 1. The monoisotopic (exact) mass is 359 g/mol. The second-order valence-corrected chi connectivity index (χ2v) is 6.47. The minimum atomic E-state index is -0.215. The Morgan fingerprint density at radius 2 is 2.12 bits per heavy atom. The molecule has 3 rings (SSSR count). The van der Waals surface area contributed by atoms with Crippen LogP contribution in [-0.2, 0) is 0 Å². The number of hydrogen-bond donors (Lipinski definition) is 2. The summed E-state index contributed by atoms with van der Waals surface area (Å²) < 4.78 is 11.3. The molecule has 0 atom stereocenters. The molecule has 0 amide bonds. The second kappa shape index (κ2) is 8.82. The molecule has 0 radical (unpaired) electrons. The van der Waals surface area contributed by atoms with Crippen LogP contribution < -0.4 is 15.6 Å². The Morgan fingerprint density at radius 1 is 1.31 bits per heavy atom. The fourth-order valence-electron chi connectivity index (χ4n) is 3.08. The molecule has 1 fully saturated rings. The van der Waals surface area contributed by atoms with Crippen molar-refractivity contribution in [1.82, 2.24) is 10.2 Å². The largest absolute Gasteiger partial charge is 0.493 e. The third kappa shape index (κ3) is 4.62. The summed E-state index contributed by atoms with van der Waals surface area (Å²) in [6, 6.07) is 7.11. The van der Waals surface area contributed by atoms with Crippen LogP contribution in [0.25, 0.3) is 11.0 Å². The van der Waals surface area contributed by atoms with Gasteiger partial charge in [-0.3, -0.25) is 4.79 Å². The van der Waals surface area contributed by atoms with Crippen molar-refractivity contribution in [1.29, 1.82) is 0 Å². The maximum atomic E-state index is 11.6. The molecular formula is C19H25N3O4.